The van der Waals surface area contributed by atoms with Gasteiger partial charge in [-0.15, -0.1) is 0 Å². The van der Waals surface area contributed by atoms with Crippen molar-refractivity contribution in [1.82, 2.24) is 14.9 Å². The van der Waals surface area contributed by atoms with E-state index < -0.39 is 22.6 Å². The molecule has 1 atom stereocenters. The van der Waals surface area contributed by atoms with Crippen LogP contribution in [-0.2, 0) is 5.54 Å². The molecular formula is C20H23N3O5. The zero-order valence-electron chi connectivity index (χ0n) is 16.3. The van der Waals surface area contributed by atoms with Gasteiger partial charge in [-0.2, -0.15) is 0 Å². The molecular weight excluding hydrogens is 362 g/mol. The summed E-state index contributed by atoms with van der Waals surface area (Å²) >= 11 is 0. The molecule has 8 nitrogen and oxygen atoms in total. The second kappa shape index (κ2) is 5.98. The van der Waals surface area contributed by atoms with Crippen molar-refractivity contribution < 1.29 is 19.1 Å². The van der Waals surface area contributed by atoms with Gasteiger partial charge in [-0.05, 0) is 36.5 Å². The van der Waals surface area contributed by atoms with Gasteiger partial charge in [0.15, 0.2) is 0 Å². The Labute approximate surface area is 161 Å². The van der Waals surface area contributed by atoms with Gasteiger partial charge in [-0.25, -0.2) is 9.78 Å². The fourth-order valence-corrected chi connectivity index (χ4v) is 4.41. The highest BCUT2D eigenvalue weighted by Crippen LogP contribution is 2.50. The fourth-order valence-electron chi connectivity index (χ4n) is 4.41. The Balaban J connectivity index is 2.05. The average molecular weight is 385 g/mol. The van der Waals surface area contributed by atoms with Crippen molar-refractivity contribution in [3.63, 3.8) is 0 Å². The van der Waals surface area contributed by atoms with E-state index in [1.165, 1.54) is 4.90 Å². The van der Waals surface area contributed by atoms with Crippen LogP contribution >= 0.6 is 0 Å². The second-order valence-corrected chi connectivity index (χ2v) is 8.20. The number of aromatic amines is 1. The first-order chi connectivity index (χ1) is 13.2. The topological polar surface area (TPSA) is 109 Å². The number of aromatic nitrogens is 2. The third-order valence-corrected chi connectivity index (χ3v) is 5.78. The number of ether oxygens (including phenoxy) is 1. The number of fused-ring (bicyclic) bond motifs is 3. The Kier molecular flexibility index (Phi) is 3.92. The second-order valence-electron chi connectivity index (χ2n) is 8.20. The smallest absolute Gasteiger partial charge is 0.408 e. The van der Waals surface area contributed by atoms with E-state index in [1.54, 1.807) is 25.3 Å². The van der Waals surface area contributed by atoms with Crippen LogP contribution in [0, 0.1) is 5.41 Å². The van der Waals surface area contributed by atoms with Crippen LogP contribution in [0.3, 0.4) is 0 Å². The van der Waals surface area contributed by atoms with Gasteiger partial charge in [-0.1, -0.05) is 20.8 Å². The van der Waals surface area contributed by atoms with E-state index in [2.05, 4.69) is 4.98 Å². The van der Waals surface area contributed by atoms with Crippen LogP contribution in [0.4, 0.5) is 4.79 Å². The van der Waals surface area contributed by atoms with Crippen molar-refractivity contribution in [1.29, 1.82) is 0 Å². The predicted octanol–water partition coefficient (Wildman–Crippen LogP) is 3.69. The molecule has 1 aromatic carbocycles. The number of carbonyl (C=O) groups is 1. The molecule has 0 unspecified atom stereocenters. The lowest BCUT2D eigenvalue weighted by Gasteiger charge is -2.45. The summed E-state index contributed by atoms with van der Waals surface area (Å²) in [7, 11) is 1.56. The van der Waals surface area contributed by atoms with Crippen LogP contribution < -0.4 is 10.3 Å². The monoisotopic (exact) mass is 385 g/mol. The van der Waals surface area contributed by atoms with Gasteiger partial charge in [0, 0.05) is 6.54 Å². The highest BCUT2D eigenvalue weighted by atomic mass is 16.5. The Morgan fingerprint density at radius 3 is 2.79 bits per heavy atom. The quantitative estimate of drug-likeness (QED) is 0.696. The van der Waals surface area contributed by atoms with Crippen molar-refractivity contribution in [2.75, 3.05) is 13.7 Å². The summed E-state index contributed by atoms with van der Waals surface area (Å²) in [6, 6.07) is 5.25. The maximum Gasteiger partial charge on any atom is 0.408 e. The van der Waals surface area contributed by atoms with E-state index in [-0.39, 0.29) is 5.58 Å². The number of nitrogens with zero attached hydrogens (tertiary/aromatic N) is 2. The number of hydrogen-bond donors (Lipinski definition) is 2. The van der Waals surface area contributed by atoms with E-state index in [9.17, 15) is 14.7 Å². The van der Waals surface area contributed by atoms with Gasteiger partial charge in [-0.3, -0.25) is 9.69 Å². The van der Waals surface area contributed by atoms with Gasteiger partial charge in [0.25, 0.3) is 5.56 Å². The van der Waals surface area contributed by atoms with Crippen LogP contribution in [-0.4, -0.2) is 39.7 Å². The molecule has 2 aromatic heterocycles. The molecule has 0 spiro atoms. The molecule has 1 aliphatic rings. The standard InChI is InChI=1S/C20H23N3O5/c1-19(2,3)20(8-5-9-23(20)18(25)26)17-21-14-12-10-11(27-4)6-7-13(12)28-15(14)16(24)22-17/h6-7,10H,5,8-9H2,1-4H3,(H,25,26)(H,21,22,24)/t20-/m1/s1. The molecule has 2 N–H and O–H groups in total. The number of likely N-dealkylation sites (tertiary alicyclic amines) is 1. The van der Waals surface area contributed by atoms with Crippen LogP contribution in [0.2, 0.25) is 0 Å². The number of methoxy groups -OCH3 is 1. The fraction of sp³-hybridized carbons (Fsp3) is 0.450. The Hall–Kier alpha value is -3.03. The molecule has 1 fully saturated rings. The summed E-state index contributed by atoms with van der Waals surface area (Å²) < 4.78 is 11.0. The number of furan rings is 1. The van der Waals surface area contributed by atoms with Crippen LogP contribution in [0.1, 0.15) is 39.4 Å². The summed E-state index contributed by atoms with van der Waals surface area (Å²) in [6.07, 6.45) is 0.260. The minimum atomic E-state index is -1.02. The first kappa shape index (κ1) is 18.3. The van der Waals surface area contributed by atoms with Crippen molar-refractivity contribution >= 4 is 28.2 Å². The molecule has 0 radical (unpaired) electrons. The molecule has 4 rings (SSSR count). The van der Waals surface area contributed by atoms with Crippen molar-refractivity contribution in [3.8, 4) is 5.75 Å². The van der Waals surface area contributed by atoms with Crippen LogP contribution in [0.5, 0.6) is 5.75 Å². The highest BCUT2D eigenvalue weighted by molar-refractivity contribution is 6.02. The number of rotatable bonds is 2. The lowest BCUT2D eigenvalue weighted by atomic mass is 9.71. The van der Waals surface area contributed by atoms with E-state index in [0.717, 1.165) is 0 Å². The number of nitrogens with one attached hydrogen (secondary N) is 1. The lowest BCUT2D eigenvalue weighted by molar-refractivity contribution is 0.0211. The minimum Gasteiger partial charge on any atom is -0.497 e. The van der Waals surface area contributed by atoms with Gasteiger partial charge in [0.05, 0.1) is 12.5 Å². The third kappa shape index (κ3) is 2.40. The van der Waals surface area contributed by atoms with Crippen molar-refractivity contribution in [2.24, 2.45) is 5.41 Å². The summed E-state index contributed by atoms with van der Waals surface area (Å²) in [4.78, 5) is 33.8. The normalized spacial score (nSPS) is 20.2. The van der Waals surface area contributed by atoms with E-state index in [0.29, 0.717) is 47.4 Å². The maximum atomic E-state index is 12.8. The van der Waals surface area contributed by atoms with Crippen molar-refractivity contribution in [2.45, 2.75) is 39.2 Å². The molecule has 0 aliphatic carbocycles. The average Bonchev–Trinajstić information content (AvgIpc) is 3.23. The number of hydrogen-bond acceptors (Lipinski definition) is 5. The molecule has 1 saturated heterocycles. The molecule has 8 heteroatoms. The largest absolute Gasteiger partial charge is 0.497 e. The van der Waals surface area contributed by atoms with E-state index >= 15 is 0 Å². The van der Waals surface area contributed by atoms with E-state index in [4.69, 9.17) is 14.1 Å². The van der Waals surface area contributed by atoms with Gasteiger partial charge in [0.2, 0.25) is 5.58 Å². The number of carboxylic acid groups (broad SMARTS) is 1. The summed E-state index contributed by atoms with van der Waals surface area (Å²) in [5.74, 6) is 0.973. The Morgan fingerprint density at radius 2 is 2.14 bits per heavy atom. The predicted molar refractivity (Wildman–Crippen MR) is 104 cm³/mol. The van der Waals surface area contributed by atoms with Gasteiger partial charge < -0.3 is 19.2 Å². The molecule has 1 amide bonds. The Morgan fingerprint density at radius 1 is 1.39 bits per heavy atom. The third-order valence-electron chi connectivity index (χ3n) is 5.78. The summed E-state index contributed by atoms with van der Waals surface area (Å²) in [5.41, 5.74) is -0.782. The number of amides is 1. The first-order valence-corrected chi connectivity index (χ1v) is 9.20. The minimum absolute atomic E-state index is 0.121. The first-order valence-electron chi connectivity index (χ1n) is 9.20. The molecule has 3 heterocycles. The highest BCUT2D eigenvalue weighted by Gasteiger charge is 2.55. The maximum absolute atomic E-state index is 12.8. The molecule has 148 valence electrons. The number of H-pyrrole nitrogens is 1. The SMILES string of the molecule is COc1ccc2oc3c(=O)[nH]c([C@@]4(C(C)(C)C)CCCN4C(=O)O)nc3c2c1. The zero-order chi connectivity index (χ0) is 20.3. The van der Waals surface area contributed by atoms with Crippen LogP contribution in [0.25, 0.3) is 22.1 Å². The van der Waals surface area contributed by atoms with Gasteiger partial charge in [0.1, 0.15) is 28.2 Å². The number of benzene rings is 1. The van der Waals surface area contributed by atoms with E-state index in [1.807, 2.05) is 20.8 Å². The zero-order valence-corrected chi connectivity index (χ0v) is 16.3. The molecule has 1 aliphatic heterocycles. The van der Waals surface area contributed by atoms with Gasteiger partial charge >= 0.3 is 6.09 Å². The van der Waals surface area contributed by atoms with Crippen molar-refractivity contribution in [3.05, 3.63) is 34.4 Å². The molecule has 28 heavy (non-hydrogen) atoms. The summed E-state index contributed by atoms with van der Waals surface area (Å²) in [5, 5.41) is 10.5. The molecule has 3 aromatic rings. The lowest BCUT2D eigenvalue weighted by Crippen LogP contribution is -2.54. The van der Waals surface area contributed by atoms with Crippen LogP contribution in [0.15, 0.2) is 27.4 Å². The Bertz CT molecular complexity index is 1140. The molecule has 0 bridgehead atoms. The summed E-state index contributed by atoms with van der Waals surface area (Å²) in [6.45, 7) is 6.30. The molecule has 0 saturated carbocycles.